The molecule has 1 unspecified atom stereocenters. The number of carbonyl (C=O) groups is 1. The van der Waals surface area contributed by atoms with E-state index in [1.54, 1.807) is 7.11 Å². The minimum absolute atomic E-state index is 0.156. The van der Waals surface area contributed by atoms with Gasteiger partial charge < -0.3 is 14.2 Å². The number of nitrogens with zero attached hydrogens (tertiary/aromatic N) is 4. The molecule has 0 N–H and O–H groups in total. The van der Waals surface area contributed by atoms with Gasteiger partial charge >= 0.3 is 0 Å². The van der Waals surface area contributed by atoms with Gasteiger partial charge in [-0.2, -0.15) is 0 Å². The zero-order valence-electron chi connectivity index (χ0n) is 16.4. The molecule has 1 fully saturated rings. The fourth-order valence-corrected chi connectivity index (χ4v) is 4.21. The van der Waals surface area contributed by atoms with Crippen LogP contribution < -0.4 is 4.74 Å². The Labute approximate surface area is 165 Å². The molecular weight excluding hydrogens is 360 g/mol. The second-order valence-electron chi connectivity index (χ2n) is 6.83. The topological polar surface area (TPSA) is 60.2 Å². The first-order valence-corrected chi connectivity index (χ1v) is 10.5. The third-order valence-electron chi connectivity index (χ3n) is 4.85. The van der Waals surface area contributed by atoms with Crippen LogP contribution in [0.1, 0.15) is 39.5 Å². The summed E-state index contributed by atoms with van der Waals surface area (Å²) in [6, 6.07) is 7.86. The summed E-state index contributed by atoms with van der Waals surface area (Å²) in [5, 5.41) is 9.50. The van der Waals surface area contributed by atoms with Crippen LogP contribution >= 0.6 is 11.8 Å². The van der Waals surface area contributed by atoms with E-state index in [2.05, 4.69) is 21.7 Å². The fraction of sp³-hybridized carbons (Fsp3) is 0.550. The summed E-state index contributed by atoms with van der Waals surface area (Å²) in [5.41, 5.74) is 1.00. The van der Waals surface area contributed by atoms with E-state index in [1.165, 1.54) is 11.8 Å². The van der Waals surface area contributed by atoms with Gasteiger partial charge in [0, 0.05) is 25.2 Å². The lowest BCUT2D eigenvalue weighted by Crippen LogP contribution is -2.34. The lowest BCUT2D eigenvalue weighted by atomic mass is 10.2. The normalized spacial score (nSPS) is 15.1. The molecule has 1 atom stereocenters. The number of carbonyl (C=O) groups excluding carboxylic acids is 1. The van der Waals surface area contributed by atoms with Crippen LogP contribution in [0.3, 0.4) is 0 Å². The number of amides is 1. The number of hydrogen-bond donors (Lipinski definition) is 0. The van der Waals surface area contributed by atoms with E-state index < -0.39 is 0 Å². The number of hydrogen-bond acceptors (Lipinski definition) is 5. The Kier molecular flexibility index (Phi) is 6.77. The minimum Gasteiger partial charge on any atom is -0.497 e. The number of benzene rings is 1. The third kappa shape index (κ3) is 4.64. The molecule has 7 heteroatoms. The quantitative estimate of drug-likeness (QED) is 0.643. The van der Waals surface area contributed by atoms with Crippen molar-refractivity contribution < 1.29 is 9.53 Å². The first kappa shape index (κ1) is 19.7. The highest BCUT2D eigenvalue weighted by Gasteiger charge is 2.26. The SMILES string of the molecule is CCCCn1c(SC(C)C(=O)N2CCCC2)nnc1-c1ccc(OC)cc1. The summed E-state index contributed by atoms with van der Waals surface area (Å²) >= 11 is 1.51. The van der Waals surface area contributed by atoms with Gasteiger partial charge in [0.15, 0.2) is 11.0 Å². The first-order chi connectivity index (χ1) is 13.1. The van der Waals surface area contributed by atoms with E-state index in [4.69, 9.17) is 4.74 Å². The molecule has 3 rings (SSSR count). The van der Waals surface area contributed by atoms with Crippen molar-refractivity contribution in [3.8, 4) is 17.1 Å². The standard InChI is InChI=1S/C20H28N4O2S/c1-4-5-14-24-18(16-8-10-17(26-3)11-9-16)21-22-20(24)27-15(2)19(25)23-12-6-7-13-23/h8-11,15H,4-7,12-14H2,1-3H3. The third-order valence-corrected chi connectivity index (χ3v) is 5.92. The lowest BCUT2D eigenvalue weighted by molar-refractivity contribution is -0.129. The maximum Gasteiger partial charge on any atom is 0.235 e. The highest BCUT2D eigenvalue weighted by molar-refractivity contribution is 8.00. The average molecular weight is 389 g/mol. The maximum absolute atomic E-state index is 12.7. The molecule has 0 aliphatic carbocycles. The molecule has 6 nitrogen and oxygen atoms in total. The van der Waals surface area contributed by atoms with Gasteiger partial charge in [-0.25, -0.2) is 0 Å². The van der Waals surface area contributed by atoms with Crippen LogP contribution in [0.15, 0.2) is 29.4 Å². The van der Waals surface area contributed by atoms with Gasteiger partial charge in [-0.3, -0.25) is 4.79 Å². The molecule has 1 aliphatic rings. The molecule has 1 saturated heterocycles. The van der Waals surface area contributed by atoms with Gasteiger partial charge in [-0.05, 0) is 50.5 Å². The van der Waals surface area contributed by atoms with Crippen molar-refractivity contribution in [1.82, 2.24) is 19.7 Å². The number of rotatable bonds is 8. The summed E-state index contributed by atoms with van der Waals surface area (Å²) in [7, 11) is 1.66. The molecule has 0 spiro atoms. The predicted molar refractivity (Wildman–Crippen MR) is 108 cm³/mol. The van der Waals surface area contributed by atoms with Crippen LogP contribution in [0.5, 0.6) is 5.75 Å². The molecule has 1 aromatic heterocycles. The van der Waals surface area contributed by atoms with E-state index in [0.29, 0.717) is 0 Å². The van der Waals surface area contributed by atoms with Crippen LogP contribution in [0.25, 0.3) is 11.4 Å². The molecule has 27 heavy (non-hydrogen) atoms. The van der Waals surface area contributed by atoms with Crippen molar-refractivity contribution in [1.29, 1.82) is 0 Å². The summed E-state index contributed by atoms with van der Waals surface area (Å²) in [6.45, 7) is 6.74. The molecule has 0 radical (unpaired) electrons. The molecule has 2 aromatic rings. The van der Waals surface area contributed by atoms with Gasteiger partial charge in [-0.15, -0.1) is 10.2 Å². The molecule has 0 bridgehead atoms. The summed E-state index contributed by atoms with van der Waals surface area (Å²) in [4.78, 5) is 14.6. The lowest BCUT2D eigenvalue weighted by Gasteiger charge is -2.20. The Morgan fingerprint density at radius 3 is 2.56 bits per heavy atom. The smallest absolute Gasteiger partial charge is 0.235 e. The van der Waals surface area contributed by atoms with Gasteiger partial charge in [0.1, 0.15) is 5.75 Å². The van der Waals surface area contributed by atoms with Crippen molar-refractivity contribution in [3.63, 3.8) is 0 Å². The first-order valence-electron chi connectivity index (χ1n) is 9.67. The van der Waals surface area contributed by atoms with Crippen molar-refractivity contribution in [2.24, 2.45) is 0 Å². The minimum atomic E-state index is -0.156. The number of thioether (sulfide) groups is 1. The summed E-state index contributed by atoms with van der Waals surface area (Å²) in [6.07, 6.45) is 4.35. The zero-order valence-corrected chi connectivity index (χ0v) is 17.2. The zero-order chi connectivity index (χ0) is 19.2. The number of methoxy groups -OCH3 is 1. The van der Waals surface area contributed by atoms with Gasteiger partial charge in [0.2, 0.25) is 5.91 Å². The second kappa shape index (κ2) is 9.26. The van der Waals surface area contributed by atoms with Crippen LogP contribution in [-0.4, -0.2) is 51.0 Å². The Bertz CT molecular complexity index is 754. The largest absolute Gasteiger partial charge is 0.497 e. The van der Waals surface area contributed by atoms with E-state index >= 15 is 0 Å². The molecule has 1 aliphatic heterocycles. The second-order valence-corrected chi connectivity index (χ2v) is 8.14. The van der Waals surface area contributed by atoms with Crippen molar-refractivity contribution >= 4 is 17.7 Å². The van der Waals surface area contributed by atoms with Gasteiger partial charge in [-0.1, -0.05) is 25.1 Å². The molecule has 146 valence electrons. The highest BCUT2D eigenvalue weighted by Crippen LogP contribution is 2.29. The van der Waals surface area contributed by atoms with Crippen molar-refractivity contribution in [2.75, 3.05) is 20.2 Å². The predicted octanol–water partition coefficient (Wildman–Crippen LogP) is 3.86. The van der Waals surface area contributed by atoms with E-state index in [9.17, 15) is 4.79 Å². The van der Waals surface area contributed by atoms with E-state index in [1.807, 2.05) is 36.1 Å². The van der Waals surface area contributed by atoms with Crippen LogP contribution in [-0.2, 0) is 11.3 Å². The van der Waals surface area contributed by atoms with Crippen LogP contribution in [0, 0.1) is 0 Å². The Balaban J connectivity index is 1.81. The molecule has 1 aromatic carbocycles. The summed E-state index contributed by atoms with van der Waals surface area (Å²) < 4.78 is 7.39. The van der Waals surface area contributed by atoms with E-state index in [-0.39, 0.29) is 11.2 Å². The maximum atomic E-state index is 12.7. The molecule has 0 saturated carbocycles. The van der Waals surface area contributed by atoms with Crippen LogP contribution in [0.2, 0.25) is 0 Å². The number of unbranched alkanes of at least 4 members (excludes halogenated alkanes) is 1. The number of ether oxygens (including phenoxy) is 1. The molecule has 2 heterocycles. The van der Waals surface area contributed by atoms with Gasteiger partial charge in [0.05, 0.1) is 12.4 Å². The van der Waals surface area contributed by atoms with E-state index in [0.717, 1.165) is 67.6 Å². The molecule has 1 amide bonds. The number of likely N-dealkylation sites (tertiary alicyclic amines) is 1. The summed E-state index contributed by atoms with van der Waals surface area (Å²) in [5.74, 6) is 1.86. The average Bonchev–Trinajstić information content (AvgIpc) is 3.36. The Morgan fingerprint density at radius 1 is 1.22 bits per heavy atom. The Morgan fingerprint density at radius 2 is 1.93 bits per heavy atom. The van der Waals surface area contributed by atoms with Gasteiger partial charge in [0.25, 0.3) is 0 Å². The van der Waals surface area contributed by atoms with Crippen molar-refractivity contribution in [3.05, 3.63) is 24.3 Å². The molecular formula is C20H28N4O2S. The fourth-order valence-electron chi connectivity index (χ4n) is 3.25. The number of aromatic nitrogens is 3. The highest BCUT2D eigenvalue weighted by atomic mass is 32.2. The Hall–Kier alpha value is -2.02. The van der Waals surface area contributed by atoms with Crippen molar-refractivity contribution in [2.45, 2.75) is 56.5 Å². The van der Waals surface area contributed by atoms with Crippen LogP contribution in [0.4, 0.5) is 0 Å². The monoisotopic (exact) mass is 388 g/mol.